The van der Waals surface area contributed by atoms with Gasteiger partial charge in [0.15, 0.2) is 0 Å². The molecule has 1 aromatic heterocycles. The largest absolute Gasteiger partial charge is 0.346 e. The van der Waals surface area contributed by atoms with Gasteiger partial charge in [-0.3, -0.25) is 14.3 Å². The molecule has 0 aliphatic carbocycles. The van der Waals surface area contributed by atoms with Gasteiger partial charge in [0, 0.05) is 26.6 Å². The number of hydrogen-bond acceptors (Lipinski definition) is 3. The molecule has 0 saturated carbocycles. The number of nitrogens with one attached hydrogen (secondary N) is 1. The number of fused-ring (bicyclic) bond motifs is 1. The smallest absolute Gasteiger partial charge is 0.271 e. The number of carbonyl (C=O) groups excluding carboxylic acids is 2. The highest BCUT2D eigenvalue weighted by Gasteiger charge is 2.31. The molecule has 2 heterocycles. The zero-order chi connectivity index (χ0) is 19.0. The highest BCUT2D eigenvalue weighted by Crippen LogP contribution is 2.23. The summed E-state index contributed by atoms with van der Waals surface area (Å²) in [7, 11) is 1.66. The number of halogens is 1. The van der Waals surface area contributed by atoms with Gasteiger partial charge in [-0.1, -0.05) is 54.1 Å². The fourth-order valence-electron chi connectivity index (χ4n) is 3.58. The zero-order valence-corrected chi connectivity index (χ0v) is 15.6. The van der Waals surface area contributed by atoms with Gasteiger partial charge >= 0.3 is 0 Å². The van der Waals surface area contributed by atoms with Gasteiger partial charge in [-0.25, -0.2) is 0 Å². The first-order valence-electron chi connectivity index (χ1n) is 8.75. The summed E-state index contributed by atoms with van der Waals surface area (Å²) in [4.78, 5) is 26.7. The normalized spacial score (nSPS) is 16.9. The van der Waals surface area contributed by atoms with Gasteiger partial charge in [0.1, 0.15) is 5.69 Å². The minimum atomic E-state index is -0.315. The van der Waals surface area contributed by atoms with Crippen LogP contribution in [0.5, 0.6) is 0 Å². The second-order valence-electron chi connectivity index (χ2n) is 6.75. The number of likely N-dealkylation sites (tertiary alicyclic amines) is 1. The second kappa shape index (κ2) is 7.04. The quantitative estimate of drug-likeness (QED) is 0.754. The van der Waals surface area contributed by atoms with Crippen molar-refractivity contribution in [1.82, 2.24) is 20.0 Å². The Morgan fingerprint density at radius 1 is 1.26 bits per heavy atom. The molecule has 1 aliphatic rings. The molecule has 4 rings (SSSR count). The van der Waals surface area contributed by atoms with Gasteiger partial charge in [0.25, 0.3) is 5.91 Å². The number of rotatable bonds is 4. The average molecular weight is 383 g/mol. The molecule has 1 fully saturated rings. The second-order valence-corrected chi connectivity index (χ2v) is 7.16. The fraction of sp³-hybridized carbons (Fsp3) is 0.250. The van der Waals surface area contributed by atoms with E-state index < -0.39 is 0 Å². The first kappa shape index (κ1) is 17.5. The van der Waals surface area contributed by atoms with E-state index in [0.29, 0.717) is 23.8 Å². The standard InChI is InChI=1S/C20H19ClN4O2/c1-24-19(17(21)10-22-24)20(27)23-15-9-18(26)25(12-15)11-14-7-4-6-13-5-2-3-8-16(13)14/h2-8,10,15H,9,11-12H2,1H3,(H,23,27)/t15-/m0/s1. The van der Waals surface area contributed by atoms with Gasteiger partial charge < -0.3 is 10.2 Å². The Balaban J connectivity index is 1.47. The van der Waals surface area contributed by atoms with E-state index in [1.165, 1.54) is 10.9 Å². The lowest BCUT2D eigenvalue weighted by molar-refractivity contribution is -0.128. The van der Waals surface area contributed by atoms with E-state index in [1.54, 1.807) is 11.9 Å². The Morgan fingerprint density at radius 2 is 2.04 bits per heavy atom. The van der Waals surface area contributed by atoms with Crippen molar-refractivity contribution in [2.75, 3.05) is 6.54 Å². The van der Waals surface area contributed by atoms with Crippen molar-refractivity contribution in [3.63, 3.8) is 0 Å². The van der Waals surface area contributed by atoms with E-state index in [4.69, 9.17) is 11.6 Å². The average Bonchev–Trinajstić information content (AvgIpc) is 3.16. The number of aromatic nitrogens is 2. The van der Waals surface area contributed by atoms with Crippen LogP contribution in [0, 0.1) is 0 Å². The van der Waals surface area contributed by atoms with E-state index in [9.17, 15) is 9.59 Å². The summed E-state index contributed by atoms with van der Waals surface area (Å²) < 4.78 is 1.43. The Bertz CT molecular complexity index is 1000. The molecule has 1 aliphatic heterocycles. The summed E-state index contributed by atoms with van der Waals surface area (Å²) in [6, 6.07) is 14.0. The fourth-order valence-corrected chi connectivity index (χ4v) is 3.83. The van der Waals surface area contributed by atoms with Crippen molar-refractivity contribution in [3.8, 4) is 0 Å². The molecule has 7 heteroatoms. The van der Waals surface area contributed by atoms with Crippen molar-refractivity contribution in [1.29, 1.82) is 0 Å². The summed E-state index contributed by atoms with van der Waals surface area (Å²) in [6.45, 7) is 1.00. The number of hydrogen-bond donors (Lipinski definition) is 1. The van der Waals surface area contributed by atoms with Crippen LogP contribution in [-0.4, -0.2) is 39.1 Å². The third kappa shape index (κ3) is 3.40. The van der Waals surface area contributed by atoms with E-state index in [-0.39, 0.29) is 24.3 Å². The lowest BCUT2D eigenvalue weighted by Gasteiger charge is -2.18. The van der Waals surface area contributed by atoms with Crippen molar-refractivity contribution in [2.24, 2.45) is 7.05 Å². The maximum absolute atomic E-state index is 12.5. The van der Waals surface area contributed by atoms with Crippen molar-refractivity contribution in [3.05, 3.63) is 64.9 Å². The van der Waals surface area contributed by atoms with Crippen molar-refractivity contribution < 1.29 is 9.59 Å². The molecule has 0 radical (unpaired) electrons. The number of amides is 2. The number of carbonyl (C=O) groups is 2. The third-order valence-corrected chi connectivity index (χ3v) is 5.18. The predicted molar refractivity (Wildman–Crippen MR) is 103 cm³/mol. The minimum absolute atomic E-state index is 0.0318. The molecular formula is C20H19ClN4O2. The first-order chi connectivity index (χ1) is 13.0. The van der Waals surface area contributed by atoms with Crippen LogP contribution in [0.1, 0.15) is 22.5 Å². The molecule has 138 valence electrons. The summed E-state index contributed by atoms with van der Waals surface area (Å²) in [5, 5.41) is 9.46. The highest BCUT2D eigenvalue weighted by atomic mass is 35.5. The Labute approximate surface area is 161 Å². The molecule has 1 atom stereocenters. The maximum Gasteiger partial charge on any atom is 0.271 e. The molecule has 1 saturated heterocycles. The van der Waals surface area contributed by atoms with E-state index in [1.807, 2.05) is 24.3 Å². The van der Waals surface area contributed by atoms with Crippen LogP contribution in [0.3, 0.4) is 0 Å². The van der Waals surface area contributed by atoms with Gasteiger partial charge in [-0.05, 0) is 16.3 Å². The zero-order valence-electron chi connectivity index (χ0n) is 14.9. The minimum Gasteiger partial charge on any atom is -0.346 e. The lowest BCUT2D eigenvalue weighted by Crippen LogP contribution is -2.38. The lowest BCUT2D eigenvalue weighted by atomic mass is 10.0. The topological polar surface area (TPSA) is 67.2 Å². The maximum atomic E-state index is 12.5. The van der Waals surface area contributed by atoms with Gasteiger partial charge in [-0.15, -0.1) is 0 Å². The Hall–Kier alpha value is -2.86. The van der Waals surface area contributed by atoms with Crippen LogP contribution < -0.4 is 5.32 Å². The van der Waals surface area contributed by atoms with Crippen LogP contribution in [-0.2, 0) is 18.4 Å². The molecule has 2 aromatic carbocycles. The summed E-state index contributed by atoms with van der Waals surface area (Å²) in [6.07, 6.45) is 1.72. The van der Waals surface area contributed by atoms with E-state index in [0.717, 1.165) is 16.3 Å². The number of nitrogens with zero attached hydrogens (tertiary/aromatic N) is 3. The monoisotopic (exact) mass is 382 g/mol. The first-order valence-corrected chi connectivity index (χ1v) is 9.13. The predicted octanol–water partition coefficient (Wildman–Crippen LogP) is 2.76. The van der Waals surface area contributed by atoms with E-state index in [2.05, 4.69) is 28.6 Å². The van der Waals surface area contributed by atoms with Crippen LogP contribution >= 0.6 is 11.6 Å². The van der Waals surface area contributed by atoms with Crippen molar-refractivity contribution in [2.45, 2.75) is 19.0 Å². The molecule has 3 aromatic rings. The highest BCUT2D eigenvalue weighted by molar-refractivity contribution is 6.33. The molecule has 0 bridgehead atoms. The molecular weight excluding hydrogens is 364 g/mol. The molecule has 27 heavy (non-hydrogen) atoms. The summed E-state index contributed by atoms with van der Waals surface area (Å²) >= 11 is 6.02. The molecule has 1 N–H and O–H groups in total. The van der Waals surface area contributed by atoms with Crippen LogP contribution in [0.15, 0.2) is 48.7 Å². The molecule has 2 amide bonds. The van der Waals surface area contributed by atoms with Crippen LogP contribution in [0.25, 0.3) is 10.8 Å². The number of aryl methyl sites for hydroxylation is 1. The number of benzene rings is 2. The van der Waals surface area contributed by atoms with Gasteiger partial charge in [-0.2, -0.15) is 5.10 Å². The summed E-state index contributed by atoms with van der Waals surface area (Å²) in [5.41, 5.74) is 1.40. The molecule has 6 nitrogen and oxygen atoms in total. The molecule has 0 unspecified atom stereocenters. The van der Waals surface area contributed by atoms with Crippen LogP contribution in [0.2, 0.25) is 5.02 Å². The summed E-state index contributed by atoms with van der Waals surface area (Å²) in [5.74, 6) is -0.283. The third-order valence-electron chi connectivity index (χ3n) is 4.90. The van der Waals surface area contributed by atoms with Crippen LogP contribution in [0.4, 0.5) is 0 Å². The van der Waals surface area contributed by atoms with E-state index >= 15 is 0 Å². The van der Waals surface area contributed by atoms with Crippen molar-refractivity contribution >= 4 is 34.2 Å². The Kier molecular flexibility index (Phi) is 4.58. The van der Waals surface area contributed by atoms with Gasteiger partial charge in [0.2, 0.25) is 5.91 Å². The molecule has 0 spiro atoms. The van der Waals surface area contributed by atoms with Gasteiger partial charge in [0.05, 0.1) is 17.3 Å². The SMILES string of the molecule is Cn1ncc(Cl)c1C(=O)N[C@H]1CC(=O)N(Cc2cccc3ccccc23)C1. The Morgan fingerprint density at radius 3 is 2.81 bits per heavy atom.